The Morgan fingerprint density at radius 2 is 1.47 bits per heavy atom. The molecule has 2 aromatic rings. The summed E-state index contributed by atoms with van der Waals surface area (Å²) < 4.78 is 12.3. The summed E-state index contributed by atoms with van der Waals surface area (Å²) in [5.74, 6) is -0.132. The topological polar surface area (TPSA) is 72.2 Å². The number of nitrogens with two attached hydrogens (primary N) is 1. The third kappa shape index (κ3) is 3.42. The van der Waals surface area contributed by atoms with E-state index in [0.29, 0.717) is 21.2 Å². The SMILES string of the molecule is CC(=O)Nc1ccc(S(=O)c2ccc(N)cc2)cc1. The molecule has 0 aliphatic rings. The molecule has 0 fully saturated rings. The third-order valence-corrected chi connectivity index (χ3v) is 3.88. The van der Waals surface area contributed by atoms with Crippen LogP contribution in [0.3, 0.4) is 0 Å². The molecule has 0 aromatic heterocycles. The largest absolute Gasteiger partial charge is 0.399 e. The van der Waals surface area contributed by atoms with E-state index in [2.05, 4.69) is 5.32 Å². The van der Waals surface area contributed by atoms with Crippen molar-refractivity contribution in [1.82, 2.24) is 0 Å². The van der Waals surface area contributed by atoms with E-state index in [9.17, 15) is 9.00 Å². The third-order valence-electron chi connectivity index (χ3n) is 2.48. The summed E-state index contributed by atoms with van der Waals surface area (Å²) in [5, 5.41) is 2.66. The van der Waals surface area contributed by atoms with Gasteiger partial charge < -0.3 is 11.1 Å². The average molecular weight is 274 g/mol. The van der Waals surface area contributed by atoms with E-state index < -0.39 is 10.8 Å². The Labute approximate surface area is 114 Å². The molecule has 98 valence electrons. The number of hydrogen-bond acceptors (Lipinski definition) is 3. The molecule has 1 amide bonds. The molecule has 0 bridgehead atoms. The fraction of sp³-hybridized carbons (Fsp3) is 0.0714. The van der Waals surface area contributed by atoms with Crippen LogP contribution >= 0.6 is 0 Å². The molecule has 3 N–H and O–H groups in total. The lowest BCUT2D eigenvalue weighted by Gasteiger charge is -2.05. The van der Waals surface area contributed by atoms with Crippen molar-refractivity contribution in [3.05, 3.63) is 48.5 Å². The number of anilines is 2. The van der Waals surface area contributed by atoms with E-state index in [-0.39, 0.29) is 5.91 Å². The zero-order valence-corrected chi connectivity index (χ0v) is 11.2. The summed E-state index contributed by atoms with van der Waals surface area (Å²) in [6.45, 7) is 1.44. The lowest BCUT2D eigenvalue weighted by molar-refractivity contribution is -0.114. The lowest BCUT2D eigenvalue weighted by atomic mass is 10.3. The van der Waals surface area contributed by atoms with Gasteiger partial charge in [-0.1, -0.05) is 0 Å². The summed E-state index contributed by atoms with van der Waals surface area (Å²) in [7, 11) is -1.24. The van der Waals surface area contributed by atoms with Crippen molar-refractivity contribution in [2.24, 2.45) is 0 Å². The second kappa shape index (κ2) is 5.67. The van der Waals surface area contributed by atoms with E-state index in [4.69, 9.17) is 5.73 Å². The molecular weight excluding hydrogens is 260 g/mol. The van der Waals surface area contributed by atoms with Crippen molar-refractivity contribution in [2.75, 3.05) is 11.1 Å². The highest BCUT2D eigenvalue weighted by atomic mass is 32.2. The Hall–Kier alpha value is -2.14. The first kappa shape index (κ1) is 13.3. The maximum atomic E-state index is 12.3. The van der Waals surface area contributed by atoms with Gasteiger partial charge in [0.15, 0.2) is 0 Å². The van der Waals surface area contributed by atoms with Gasteiger partial charge in [0, 0.05) is 28.1 Å². The highest BCUT2D eigenvalue weighted by molar-refractivity contribution is 7.85. The lowest BCUT2D eigenvalue weighted by Crippen LogP contribution is -2.05. The summed E-state index contributed by atoms with van der Waals surface area (Å²) in [4.78, 5) is 12.3. The van der Waals surface area contributed by atoms with Gasteiger partial charge in [-0.05, 0) is 48.5 Å². The molecule has 1 atom stereocenters. The first-order valence-electron chi connectivity index (χ1n) is 5.71. The second-order valence-corrected chi connectivity index (χ2v) is 5.52. The van der Waals surface area contributed by atoms with E-state index in [0.717, 1.165) is 0 Å². The fourth-order valence-electron chi connectivity index (χ4n) is 1.59. The van der Waals surface area contributed by atoms with Crippen molar-refractivity contribution in [3.8, 4) is 0 Å². The molecule has 1 unspecified atom stereocenters. The normalized spacial score (nSPS) is 11.8. The zero-order chi connectivity index (χ0) is 13.8. The van der Waals surface area contributed by atoms with Crippen molar-refractivity contribution in [2.45, 2.75) is 16.7 Å². The van der Waals surface area contributed by atoms with E-state index in [1.54, 1.807) is 48.5 Å². The molecule has 0 spiro atoms. The molecule has 5 heteroatoms. The maximum Gasteiger partial charge on any atom is 0.221 e. The van der Waals surface area contributed by atoms with Gasteiger partial charge in [0.05, 0.1) is 10.8 Å². The van der Waals surface area contributed by atoms with Crippen LogP contribution in [-0.4, -0.2) is 10.1 Å². The average Bonchev–Trinajstić information content (AvgIpc) is 2.39. The summed E-state index contributed by atoms with van der Waals surface area (Å²) in [5.41, 5.74) is 6.92. The molecule has 0 heterocycles. The Bertz CT molecular complexity index is 606. The van der Waals surface area contributed by atoms with Crippen molar-refractivity contribution >= 4 is 28.1 Å². The van der Waals surface area contributed by atoms with Gasteiger partial charge in [0.1, 0.15) is 0 Å². The first-order chi connectivity index (χ1) is 9.06. The van der Waals surface area contributed by atoms with Crippen LogP contribution in [0.25, 0.3) is 0 Å². The molecule has 0 aliphatic carbocycles. The fourth-order valence-corrected chi connectivity index (χ4v) is 2.63. The Morgan fingerprint density at radius 3 is 1.95 bits per heavy atom. The van der Waals surface area contributed by atoms with E-state index >= 15 is 0 Å². The van der Waals surface area contributed by atoms with Crippen LogP contribution in [0.4, 0.5) is 11.4 Å². The molecule has 0 aliphatic heterocycles. The number of carbonyl (C=O) groups is 1. The molecule has 2 rings (SSSR count). The van der Waals surface area contributed by atoms with Crippen LogP contribution in [-0.2, 0) is 15.6 Å². The van der Waals surface area contributed by atoms with Gasteiger partial charge in [-0.25, -0.2) is 4.21 Å². The minimum atomic E-state index is -1.24. The predicted octanol–water partition coefficient (Wildman–Crippen LogP) is 2.39. The van der Waals surface area contributed by atoms with Crippen molar-refractivity contribution in [1.29, 1.82) is 0 Å². The minimum absolute atomic E-state index is 0.132. The highest BCUT2D eigenvalue weighted by Crippen LogP contribution is 2.19. The summed E-state index contributed by atoms with van der Waals surface area (Å²) in [6, 6.07) is 13.9. The van der Waals surface area contributed by atoms with Crippen LogP contribution in [0, 0.1) is 0 Å². The zero-order valence-electron chi connectivity index (χ0n) is 10.4. The van der Waals surface area contributed by atoms with Crippen molar-refractivity contribution in [3.63, 3.8) is 0 Å². The minimum Gasteiger partial charge on any atom is -0.399 e. The molecule has 19 heavy (non-hydrogen) atoms. The van der Waals surface area contributed by atoms with E-state index in [1.165, 1.54) is 6.92 Å². The Balaban J connectivity index is 2.20. The van der Waals surface area contributed by atoms with Gasteiger partial charge >= 0.3 is 0 Å². The smallest absolute Gasteiger partial charge is 0.221 e. The second-order valence-electron chi connectivity index (χ2n) is 4.04. The van der Waals surface area contributed by atoms with Crippen LogP contribution in [0.1, 0.15) is 6.92 Å². The predicted molar refractivity (Wildman–Crippen MR) is 76.3 cm³/mol. The molecular formula is C14H14N2O2S. The number of amides is 1. The maximum absolute atomic E-state index is 12.3. The van der Waals surface area contributed by atoms with Gasteiger partial charge in [0.2, 0.25) is 5.91 Å². The Kier molecular flexibility index (Phi) is 3.97. The van der Waals surface area contributed by atoms with Gasteiger partial charge in [-0.15, -0.1) is 0 Å². The van der Waals surface area contributed by atoms with Crippen LogP contribution in [0.15, 0.2) is 58.3 Å². The van der Waals surface area contributed by atoms with Crippen LogP contribution < -0.4 is 11.1 Å². The quantitative estimate of drug-likeness (QED) is 0.844. The van der Waals surface area contributed by atoms with E-state index in [1.807, 2.05) is 0 Å². The number of nitrogen functional groups attached to an aromatic ring is 1. The molecule has 0 radical (unpaired) electrons. The molecule has 0 saturated heterocycles. The number of benzene rings is 2. The van der Waals surface area contributed by atoms with Gasteiger partial charge in [-0.2, -0.15) is 0 Å². The highest BCUT2D eigenvalue weighted by Gasteiger charge is 2.07. The van der Waals surface area contributed by atoms with Gasteiger partial charge in [0.25, 0.3) is 0 Å². The summed E-state index contributed by atoms with van der Waals surface area (Å²) in [6.07, 6.45) is 0. The van der Waals surface area contributed by atoms with Crippen LogP contribution in [0.2, 0.25) is 0 Å². The van der Waals surface area contributed by atoms with Gasteiger partial charge in [-0.3, -0.25) is 4.79 Å². The monoisotopic (exact) mass is 274 g/mol. The molecule has 0 saturated carbocycles. The first-order valence-corrected chi connectivity index (χ1v) is 6.86. The number of hydrogen-bond donors (Lipinski definition) is 2. The summed E-state index contributed by atoms with van der Waals surface area (Å²) >= 11 is 0. The standard InChI is InChI=1S/C14H14N2O2S/c1-10(17)16-12-4-8-14(9-5-12)19(18)13-6-2-11(15)3-7-13/h2-9H,15H2,1H3,(H,16,17). The number of carbonyl (C=O) groups excluding carboxylic acids is 1. The molecule has 2 aromatic carbocycles. The molecule has 4 nitrogen and oxygen atoms in total. The number of rotatable bonds is 3. The number of nitrogens with one attached hydrogen (secondary N) is 1. The Morgan fingerprint density at radius 1 is 1.00 bits per heavy atom. The van der Waals surface area contributed by atoms with Crippen molar-refractivity contribution < 1.29 is 9.00 Å². The van der Waals surface area contributed by atoms with Crippen LogP contribution in [0.5, 0.6) is 0 Å².